The molecule has 0 saturated carbocycles. The van der Waals surface area contributed by atoms with Crippen molar-refractivity contribution in [1.29, 1.82) is 0 Å². The first-order chi connectivity index (χ1) is 15.9. The molecular weight excluding hydrogens is 455 g/mol. The first-order valence-corrected chi connectivity index (χ1v) is 11.2. The Hall–Kier alpha value is -3.14. The molecule has 0 aliphatic carbocycles. The van der Waals surface area contributed by atoms with Crippen molar-refractivity contribution >= 4 is 41.0 Å². The van der Waals surface area contributed by atoms with Gasteiger partial charge in [-0.15, -0.1) is 0 Å². The van der Waals surface area contributed by atoms with Gasteiger partial charge in [-0.1, -0.05) is 96.5 Å². The second kappa shape index (κ2) is 11.1. The Labute approximate surface area is 204 Å². The third kappa shape index (κ3) is 6.01. The molecule has 0 heterocycles. The highest BCUT2D eigenvalue weighted by molar-refractivity contribution is 6.30. The summed E-state index contributed by atoms with van der Waals surface area (Å²) >= 11 is 12.1. The van der Waals surface area contributed by atoms with Gasteiger partial charge in [-0.3, -0.25) is 9.59 Å². The fourth-order valence-corrected chi connectivity index (χ4v) is 4.34. The van der Waals surface area contributed by atoms with E-state index in [2.05, 4.69) is 6.58 Å². The van der Waals surface area contributed by atoms with E-state index in [1.54, 1.807) is 30.3 Å². The summed E-state index contributed by atoms with van der Waals surface area (Å²) in [6, 6.07) is 23.3. The van der Waals surface area contributed by atoms with Gasteiger partial charge < -0.3 is 5.11 Å². The SMILES string of the molecule is C=CC(=O)C(CC=Cc1cccc(Cl)c1)(CC(C(=O)O)c1ccc(Cl)cc1)c1ccccc1. The van der Waals surface area contributed by atoms with Crippen LogP contribution >= 0.6 is 23.2 Å². The van der Waals surface area contributed by atoms with E-state index >= 15 is 0 Å². The average molecular weight is 479 g/mol. The van der Waals surface area contributed by atoms with Crippen molar-refractivity contribution in [3.8, 4) is 0 Å². The lowest BCUT2D eigenvalue weighted by atomic mass is 9.67. The first kappa shape index (κ1) is 24.5. The highest BCUT2D eigenvalue weighted by Gasteiger charge is 2.41. The van der Waals surface area contributed by atoms with Crippen molar-refractivity contribution in [1.82, 2.24) is 0 Å². The predicted molar refractivity (Wildman–Crippen MR) is 135 cm³/mol. The third-order valence-electron chi connectivity index (χ3n) is 5.73. The number of hydrogen-bond acceptors (Lipinski definition) is 2. The van der Waals surface area contributed by atoms with Gasteiger partial charge in [-0.25, -0.2) is 0 Å². The van der Waals surface area contributed by atoms with Crippen molar-refractivity contribution in [3.05, 3.63) is 124 Å². The number of rotatable bonds is 10. The summed E-state index contributed by atoms with van der Waals surface area (Å²) in [5.74, 6) is -2.15. The lowest BCUT2D eigenvalue weighted by Gasteiger charge is -2.34. The fraction of sp³-hybridized carbons (Fsp3) is 0.143. The first-order valence-electron chi connectivity index (χ1n) is 10.5. The molecule has 0 aromatic heterocycles. The Morgan fingerprint density at radius 2 is 1.64 bits per heavy atom. The number of ketones is 1. The Bertz CT molecular complexity index is 1150. The van der Waals surface area contributed by atoms with Gasteiger partial charge in [0.05, 0.1) is 11.3 Å². The number of carboxylic acid groups (broad SMARTS) is 1. The van der Waals surface area contributed by atoms with Crippen molar-refractivity contribution in [2.45, 2.75) is 24.2 Å². The quantitative estimate of drug-likeness (QED) is 0.310. The molecule has 0 amide bonds. The van der Waals surface area contributed by atoms with Crippen molar-refractivity contribution in [2.24, 2.45) is 0 Å². The fourth-order valence-electron chi connectivity index (χ4n) is 4.01. The molecule has 0 aliphatic rings. The zero-order valence-electron chi connectivity index (χ0n) is 18.0. The molecule has 3 aromatic rings. The smallest absolute Gasteiger partial charge is 0.311 e. The molecule has 2 unspecified atom stereocenters. The molecule has 0 saturated heterocycles. The minimum Gasteiger partial charge on any atom is -0.481 e. The summed E-state index contributed by atoms with van der Waals surface area (Å²) in [7, 11) is 0. The maximum Gasteiger partial charge on any atom is 0.311 e. The molecule has 0 fully saturated rings. The number of benzene rings is 3. The van der Waals surface area contributed by atoms with Gasteiger partial charge in [-0.05, 0) is 59.9 Å². The van der Waals surface area contributed by atoms with Gasteiger partial charge in [0, 0.05) is 10.0 Å². The summed E-state index contributed by atoms with van der Waals surface area (Å²) in [6.45, 7) is 3.71. The lowest BCUT2D eigenvalue weighted by molar-refractivity contribution is -0.139. The largest absolute Gasteiger partial charge is 0.481 e. The van der Waals surface area contributed by atoms with E-state index < -0.39 is 17.3 Å². The van der Waals surface area contributed by atoms with Gasteiger partial charge in [-0.2, -0.15) is 0 Å². The Kier molecular flexibility index (Phi) is 8.26. The van der Waals surface area contributed by atoms with Crippen LogP contribution in [0.2, 0.25) is 10.0 Å². The van der Waals surface area contributed by atoms with E-state index in [4.69, 9.17) is 23.2 Å². The molecule has 0 aliphatic heterocycles. The molecule has 0 radical (unpaired) electrons. The minimum atomic E-state index is -1.11. The molecule has 5 heteroatoms. The van der Waals surface area contributed by atoms with E-state index in [0.29, 0.717) is 22.0 Å². The molecule has 3 aromatic carbocycles. The van der Waals surface area contributed by atoms with Crippen molar-refractivity contribution in [2.75, 3.05) is 0 Å². The summed E-state index contributed by atoms with van der Waals surface area (Å²) in [5, 5.41) is 11.2. The summed E-state index contributed by atoms with van der Waals surface area (Å²) in [6.07, 6.45) is 5.42. The van der Waals surface area contributed by atoms with E-state index in [1.807, 2.05) is 60.7 Å². The van der Waals surface area contributed by atoms with Gasteiger partial charge in [0.25, 0.3) is 0 Å². The van der Waals surface area contributed by atoms with E-state index in [-0.39, 0.29) is 12.2 Å². The molecule has 2 atom stereocenters. The molecular formula is C28H24Cl2O3. The molecule has 0 spiro atoms. The van der Waals surface area contributed by atoms with Crippen LogP contribution in [0, 0.1) is 0 Å². The normalized spacial score (nSPS) is 13.9. The Morgan fingerprint density at radius 1 is 0.939 bits per heavy atom. The molecule has 3 rings (SSSR count). The van der Waals surface area contributed by atoms with Crippen LogP contribution in [-0.2, 0) is 15.0 Å². The number of allylic oxidation sites excluding steroid dienone is 2. The Balaban J connectivity index is 2.07. The standard InChI is InChI=1S/C28H24Cl2O3/c1-2-26(31)28(22-10-4-3-5-11-22,17-7-9-20-8-6-12-24(30)18-20)19-25(27(32)33)21-13-15-23(29)16-14-21/h2-16,18,25H,1,17,19H2,(H,32,33). The van der Waals surface area contributed by atoms with E-state index in [9.17, 15) is 14.7 Å². The highest BCUT2D eigenvalue weighted by Crippen LogP contribution is 2.40. The molecule has 1 N–H and O–H groups in total. The maximum absolute atomic E-state index is 13.4. The van der Waals surface area contributed by atoms with Crippen molar-refractivity contribution < 1.29 is 14.7 Å². The number of aliphatic carboxylic acids is 1. The molecule has 168 valence electrons. The van der Waals surface area contributed by atoms with E-state index in [0.717, 1.165) is 11.1 Å². The second-order valence-corrected chi connectivity index (χ2v) is 8.70. The second-order valence-electron chi connectivity index (χ2n) is 7.82. The Morgan fingerprint density at radius 3 is 2.24 bits per heavy atom. The average Bonchev–Trinajstić information content (AvgIpc) is 2.82. The monoisotopic (exact) mass is 478 g/mol. The zero-order chi connectivity index (χ0) is 23.8. The zero-order valence-corrected chi connectivity index (χ0v) is 19.5. The lowest BCUT2D eigenvalue weighted by Crippen LogP contribution is -2.37. The molecule has 33 heavy (non-hydrogen) atoms. The van der Waals surface area contributed by atoms with Gasteiger partial charge in [0.1, 0.15) is 0 Å². The number of carbonyl (C=O) groups is 2. The van der Waals surface area contributed by atoms with E-state index in [1.165, 1.54) is 6.08 Å². The van der Waals surface area contributed by atoms with Crippen LogP contribution in [0.4, 0.5) is 0 Å². The minimum absolute atomic E-state index is 0.0682. The highest BCUT2D eigenvalue weighted by atomic mass is 35.5. The van der Waals surface area contributed by atoms with Crippen LogP contribution in [0.5, 0.6) is 0 Å². The number of hydrogen-bond donors (Lipinski definition) is 1. The summed E-state index contributed by atoms with van der Waals surface area (Å²) in [4.78, 5) is 25.7. The summed E-state index contributed by atoms with van der Waals surface area (Å²) < 4.78 is 0. The maximum atomic E-state index is 13.4. The van der Waals surface area contributed by atoms with Crippen LogP contribution in [0.25, 0.3) is 6.08 Å². The van der Waals surface area contributed by atoms with Gasteiger partial charge >= 0.3 is 5.97 Å². The van der Waals surface area contributed by atoms with Crippen LogP contribution in [0.15, 0.2) is 97.6 Å². The van der Waals surface area contributed by atoms with Gasteiger partial charge in [0.15, 0.2) is 5.78 Å². The number of halogens is 2. The number of carboxylic acids is 1. The van der Waals surface area contributed by atoms with Crippen LogP contribution < -0.4 is 0 Å². The van der Waals surface area contributed by atoms with Crippen LogP contribution in [-0.4, -0.2) is 16.9 Å². The molecule has 0 bridgehead atoms. The third-order valence-corrected chi connectivity index (χ3v) is 6.22. The predicted octanol–water partition coefficient (Wildman–Crippen LogP) is 7.35. The van der Waals surface area contributed by atoms with Crippen LogP contribution in [0.1, 0.15) is 35.4 Å². The van der Waals surface area contributed by atoms with Gasteiger partial charge in [0.2, 0.25) is 0 Å². The van der Waals surface area contributed by atoms with Crippen LogP contribution in [0.3, 0.4) is 0 Å². The van der Waals surface area contributed by atoms with Crippen molar-refractivity contribution in [3.63, 3.8) is 0 Å². The number of carbonyl (C=O) groups excluding carboxylic acids is 1. The summed E-state index contributed by atoms with van der Waals surface area (Å²) in [5.41, 5.74) is 1.11. The topological polar surface area (TPSA) is 54.4 Å². The molecule has 3 nitrogen and oxygen atoms in total.